The number of allylic oxidation sites excluding steroid dienone is 1. The van der Waals surface area contributed by atoms with Crippen molar-refractivity contribution in [3.8, 4) is 11.3 Å². The molecule has 1 aromatic heterocycles. The normalized spacial score (nSPS) is 14.5. The van der Waals surface area contributed by atoms with Gasteiger partial charge in [-0.3, -0.25) is 4.79 Å². The Morgan fingerprint density at radius 1 is 1.00 bits per heavy atom. The Labute approximate surface area is 172 Å². The number of morpholine rings is 1. The molecule has 4 rings (SSSR count). The molecule has 142 valence electrons. The van der Waals surface area contributed by atoms with E-state index in [0.29, 0.717) is 11.3 Å². The summed E-state index contributed by atoms with van der Waals surface area (Å²) in [4.78, 5) is 14.8. The number of carbonyl (C=O) groups excluding carboxylic acids is 1. The van der Waals surface area contributed by atoms with Crippen LogP contribution in [0, 0.1) is 0 Å². The van der Waals surface area contributed by atoms with Gasteiger partial charge in [-0.25, -0.2) is 0 Å². The summed E-state index contributed by atoms with van der Waals surface area (Å²) >= 11 is 3.43. The smallest absolute Gasteiger partial charge is 0.186 e. The second kappa shape index (κ2) is 8.59. The van der Waals surface area contributed by atoms with Gasteiger partial charge >= 0.3 is 0 Å². The highest BCUT2D eigenvalue weighted by Gasteiger charge is 2.12. The van der Waals surface area contributed by atoms with E-state index in [4.69, 9.17) is 9.15 Å². The van der Waals surface area contributed by atoms with Gasteiger partial charge in [0.15, 0.2) is 5.78 Å². The van der Waals surface area contributed by atoms with E-state index in [-0.39, 0.29) is 5.78 Å². The number of hydrogen-bond acceptors (Lipinski definition) is 4. The van der Waals surface area contributed by atoms with Crippen molar-refractivity contribution in [1.29, 1.82) is 0 Å². The van der Waals surface area contributed by atoms with Gasteiger partial charge in [0.2, 0.25) is 0 Å². The van der Waals surface area contributed by atoms with Crippen LogP contribution >= 0.6 is 15.9 Å². The average molecular weight is 438 g/mol. The fourth-order valence-electron chi connectivity index (χ4n) is 3.14. The molecule has 0 unspecified atom stereocenters. The van der Waals surface area contributed by atoms with Crippen LogP contribution in [0.1, 0.15) is 16.1 Å². The molecule has 0 aliphatic carbocycles. The molecule has 0 N–H and O–H groups in total. The lowest BCUT2D eigenvalue weighted by Gasteiger charge is -2.29. The molecule has 0 atom stereocenters. The zero-order valence-electron chi connectivity index (χ0n) is 15.3. The number of benzene rings is 2. The predicted molar refractivity (Wildman–Crippen MR) is 115 cm³/mol. The third-order valence-corrected chi connectivity index (χ3v) is 5.19. The van der Waals surface area contributed by atoms with E-state index in [0.717, 1.165) is 47.8 Å². The summed E-state index contributed by atoms with van der Waals surface area (Å²) in [6.45, 7) is 3.13. The molecule has 0 spiro atoms. The number of halogens is 1. The molecule has 0 radical (unpaired) electrons. The monoisotopic (exact) mass is 437 g/mol. The number of nitrogens with zero attached hydrogens (tertiary/aromatic N) is 1. The summed E-state index contributed by atoms with van der Waals surface area (Å²) in [5.41, 5.74) is 2.71. The van der Waals surface area contributed by atoms with Gasteiger partial charge in [0.25, 0.3) is 0 Å². The maximum Gasteiger partial charge on any atom is 0.186 e. The molecule has 0 bridgehead atoms. The maximum atomic E-state index is 12.6. The number of carbonyl (C=O) groups is 1. The summed E-state index contributed by atoms with van der Waals surface area (Å²) in [7, 11) is 0. The Hall–Kier alpha value is -2.63. The van der Waals surface area contributed by atoms with Gasteiger partial charge in [-0.2, -0.15) is 0 Å². The van der Waals surface area contributed by atoms with Crippen molar-refractivity contribution in [2.24, 2.45) is 0 Å². The first-order valence-electron chi connectivity index (χ1n) is 9.20. The topological polar surface area (TPSA) is 42.7 Å². The Kier molecular flexibility index (Phi) is 5.74. The number of furan rings is 1. The molecule has 2 aromatic carbocycles. The SMILES string of the molecule is O=C(/C=C\c1ccc(-c2ccc(Br)cc2)o1)c1cccc(N2CCOCC2)c1. The third-order valence-electron chi connectivity index (χ3n) is 4.66. The number of ketones is 1. The molecule has 0 amide bonds. The summed E-state index contributed by atoms with van der Waals surface area (Å²) in [6, 6.07) is 19.4. The van der Waals surface area contributed by atoms with Crippen LogP contribution in [-0.2, 0) is 4.74 Å². The molecule has 1 aliphatic heterocycles. The minimum Gasteiger partial charge on any atom is -0.457 e. The molecule has 4 nitrogen and oxygen atoms in total. The van der Waals surface area contributed by atoms with Gasteiger partial charge in [-0.15, -0.1) is 0 Å². The second-order valence-corrected chi connectivity index (χ2v) is 7.47. The van der Waals surface area contributed by atoms with Crippen molar-refractivity contribution in [3.63, 3.8) is 0 Å². The van der Waals surface area contributed by atoms with E-state index in [2.05, 4.69) is 20.8 Å². The number of ether oxygens (including phenoxy) is 1. The molecule has 1 aliphatic rings. The van der Waals surface area contributed by atoms with Crippen LogP contribution < -0.4 is 4.90 Å². The van der Waals surface area contributed by atoms with E-state index in [1.807, 2.05) is 60.7 Å². The Morgan fingerprint density at radius 2 is 1.79 bits per heavy atom. The first-order valence-corrected chi connectivity index (χ1v) is 9.99. The van der Waals surface area contributed by atoms with Gasteiger partial charge in [0.1, 0.15) is 11.5 Å². The van der Waals surface area contributed by atoms with Gasteiger partial charge in [-0.1, -0.05) is 40.2 Å². The second-order valence-electron chi connectivity index (χ2n) is 6.56. The predicted octanol–water partition coefficient (Wildman–Crippen LogP) is 5.44. The lowest BCUT2D eigenvalue weighted by molar-refractivity contribution is 0.104. The van der Waals surface area contributed by atoms with Crippen LogP contribution in [0.5, 0.6) is 0 Å². The number of hydrogen-bond donors (Lipinski definition) is 0. The molecule has 5 heteroatoms. The molecule has 2 heterocycles. The molecule has 1 saturated heterocycles. The zero-order chi connectivity index (χ0) is 19.3. The van der Waals surface area contributed by atoms with Gasteiger partial charge in [-0.05, 0) is 48.6 Å². The van der Waals surface area contributed by atoms with Crippen LogP contribution in [0.4, 0.5) is 5.69 Å². The largest absolute Gasteiger partial charge is 0.457 e. The van der Waals surface area contributed by atoms with Gasteiger partial charge < -0.3 is 14.1 Å². The molecular formula is C23H20BrNO3. The van der Waals surface area contributed by atoms with Crippen molar-refractivity contribution in [3.05, 3.63) is 82.5 Å². The third kappa shape index (κ3) is 4.43. The van der Waals surface area contributed by atoms with E-state index in [1.54, 1.807) is 12.2 Å². The summed E-state index contributed by atoms with van der Waals surface area (Å²) in [5.74, 6) is 1.38. The van der Waals surface area contributed by atoms with Crippen LogP contribution in [-0.4, -0.2) is 32.1 Å². The van der Waals surface area contributed by atoms with Crippen molar-refractivity contribution in [2.75, 3.05) is 31.2 Å². The molecule has 3 aromatic rings. The zero-order valence-corrected chi connectivity index (χ0v) is 16.9. The Balaban J connectivity index is 1.46. The molecule has 28 heavy (non-hydrogen) atoms. The highest BCUT2D eigenvalue weighted by atomic mass is 79.9. The van der Waals surface area contributed by atoms with E-state index >= 15 is 0 Å². The lowest BCUT2D eigenvalue weighted by Crippen LogP contribution is -2.36. The summed E-state index contributed by atoms with van der Waals surface area (Å²) in [6.07, 6.45) is 3.27. The highest BCUT2D eigenvalue weighted by Crippen LogP contribution is 2.25. The van der Waals surface area contributed by atoms with Gasteiger partial charge in [0.05, 0.1) is 13.2 Å². The van der Waals surface area contributed by atoms with Gasteiger partial charge in [0, 0.05) is 34.4 Å². The minimum absolute atomic E-state index is 0.0447. The molecule has 0 saturated carbocycles. The van der Waals surface area contributed by atoms with E-state index < -0.39 is 0 Å². The molecular weight excluding hydrogens is 418 g/mol. The fraction of sp³-hybridized carbons (Fsp3) is 0.174. The number of anilines is 1. The fourth-order valence-corrected chi connectivity index (χ4v) is 3.41. The average Bonchev–Trinajstić information content (AvgIpc) is 3.22. The van der Waals surface area contributed by atoms with Crippen molar-refractivity contribution >= 4 is 33.5 Å². The Morgan fingerprint density at radius 3 is 2.57 bits per heavy atom. The first kappa shape index (κ1) is 18.7. The lowest BCUT2D eigenvalue weighted by atomic mass is 10.1. The standard InChI is InChI=1S/C23H20BrNO3/c24-19-6-4-17(5-7-19)23-11-9-21(28-23)8-10-22(26)18-2-1-3-20(16-18)25-12-14-27-15-13-25/h1-11,16H,12-15H2/b10-8-. The maximum absolute atomic E-state index is 12.6. The minimum atomic E-state index is -0.0447. The summed E-state index contributed by atoms with van der Waals surface area (Å²) < 4.78 is 12.3. The first-order chi connectivity index (χ1) is 13.7. The van der Waals surface area contributed by atoms with Crippen molar-refractivity contribution in [2.45, 2.75) is 0 Å². The van der Waals surface area contributed by atoms with E-state index in [1.165, 1.54) is 0 Å². The van der Waals surface area contributed by atoms with Crippen LogP contribution in [0.25, 0.3) is 17.4 Å². The van der Waals surface area contributed by atoms with E-state index in [9.17, 15) is 4.79 Å². The number of rotatable bonds is 5. The van der Waals surface area contributed by atoms with Crippen molar-refractivity contribution in [1.82, 2.24) is 0 Å². The van der Waals surface area contributed by atoms with Crippen LogP contribution in [0.2, 0.25) is 0 Å². The summed E-state index contributed by atoms with van der Waals surface area (Å²) in [5, 5.41) is 0. The highest BCUT2D eigenvalue weighted by molar-refractivity contribution is 9.10. The molecule has 1 fully saturated rings. The Bertz CT molecular complexity index is 985. The van der Waals surface area contributed by atoms with Crippen molar-refractivity contribution < 1.29 is 13.9 Å². The van der Waals surface area contributed by atoms with Crippen LogP contribution in [0.3, 0.4) is 0 Å². The quantitative estimate of drug-likeness (QED) is 0.393. The van der Waals surface area contributed by atoms with Crippen LogP contribution in [0.15, 0.2) is 75.6 Å².